The third-order valence-corrected chi connectivity index (χ3v) is 3.36. The number of hydrogen-bond donors (Lipinski definition) is 3. The molecule has 0 saturated carbocycles. The Balaban J connectivity index is 1.91. The summed E-state index contributed by atoms with van der Waals surface area (Å²) in [6.07, 6.45) is 6.95. The number of H-pyrrole nitrogens is 1. The van der Waals surface area contributed by atoms with Crippen molar-refractivity contribution < 1.29 is 4.79 Å². The topological polar surface area (TPSA) is 122 Å². The van der Waals surface area contributed by atoms with Gasteiger partial charge in [-0.2, -0.15) is 5.10 Å². The number of amides is 1. The number of aromatic amines is 1. The first kappa shape index (κ1) is 14.6. The van der Waals surface area contributed by atoms with Crippen LogP contribution in [0.1, 0.15) is 23.0 Å². The molecular weight excluding hydrogens is 294 g/mol. The number of nitrogens with one attached hydrogen (secondary N) is 2. The van der Waals surface area contributed by atoms with Crippen molar-refractivity contribution in [1.29, 1.82) is 0 Å². The summed E-state index contributed by atoms with van der Waals surface area (Å²) in [7, 11) is 0. The molecule has 1 amide bonds. The maximum atomic E-state index is 12.3. The lowest BCUT2D eigenvalue weighted by molar-refractivity contribution is 0.102. The highest BCUT2D eigenvalue weighted by Gasteiger charge is 2.18. The van der Waals surface area contributed by atoms with E-state index in [1.807, 2.05) is 19.1 Å². The van der Waals surface area contributed by atoms with Gasteiger partial charge in [0.05, 0.1) is 5.69 Å². The van der Waals surface area contributed by atoms with Crippen molar-refractivity contribution in [2.75, 3.05) is 11.1 Å². The van der Waals surface area contributed by atoms with E-state index in [-0.39, 0.29) is 11.5 Å². The number of nitrogens with zero attached hydrogens (tertiary/aromatic N) is 4. The van der Waals surface area contributed by atoms with E-state index in [2.05, 4.69) is 30.5 Å². The summed E-state index contributed by atoms with van der Waals surface area (Å²) in [6.45, 7) is 1.99. The quantitative estimate of drug-likeness (QED) is 0.673. The average Bonchev–Trinajstić information content (AvgIpc) is 2.98. The van der Waals surface area contributed by atoms with Crippen molar-refractivity contribution in [3.05, 3.63) is 48.2 Å². The van der Waals surface area contributed by atoms with Gasteiger partial charge < -0.3 is 11.1 Å². The van der Waals surface area contributed by atoms with Gasteiger partial charge >= 0.3 is 0 Å². The summed E-state index contributed by atoms with van der Waals surface area (Å²) in [4.78, 5) is 24.1. The van der Waals surface area contributed by atoms with Crippen LogP contribution in [0, 0.1) is 0 Å². The Morgan fingerprint density at radius 3 is 2.65 bits per heavy atom. The second kappa shape index (κ2) is 6.22. The summed E-state index contributed by atoms with van der Waals surface area (Å²) in [5, 5.41) is 9.87. The van der Waals surface area contributed by atoms with Crippen LogP contribution in [0.4, 0.5) is 11.6 Å². The fraction of sp³-hybridized carbons (Fsp3) is 0.133. The predicted molar refractivity (Wildman–Crippen MR) is 85.6 cm³/mol. The molecule has 0 saturated heterocycles. The number of nitrogen functional groups attached to an aromatic ring is 1. The van der Waals surface area contributed by atoms with E-state index in [9.17, 15) is 4.79 Å². The van der Waals surface area contributed by atoms with Crippen molar-refractivity contribution in [2.45, 2.75) is 13.3 Å². The maximum absolute atomic E-state index is 12.3. The minimum atomic E-state index is -0.446. The molecule has 0 aliphatic carbocycles. The smallest absolute Gasteiger partial charge is 0.279 e. The Morgan fingerprint density at radius 1 is 1.22 bits per heavy atom. The van der Waals surface area contributed by atoms with Crippen LogP contribution >= 0.6 is 0 Å². The lowest BCUT2D eigenvalue weighted by atomic mass is 10.1. The summed E-state index contributed by atoms with van der Waals surface area (Å²) in [6, 6.07) is 3.75. The molecule has 8 nitrogen and oxygen atoms in total. The van der Waals surface area contributed by atoms with Crippen LogP contribution in [0.3, 0.4) is 0 Å². The van der Waals surface area contributed by atoms with E-state index in [0.717, 1.165) is 16.8 Å². The third kappa shape index (κ3) is 2.86. The van der Waals surface area contributed by atoms with Gasteiger partial charge in [-0.05, 0) is 18.6 Å². The zero-order valence-electron chi connectivity index (χ0n) is 12.4. The molecule has 0 aliphatic rings. The van der Waals surface area contributed by atoms with Crippen LogP contribution in [0.25, 0.3) is 11.3 Å². The third-order valence-electron chi connectivity index (χ3n) is 3.36. The summed E-state index contributed by atoms with van der Waals surface area (Å²) in [5.41, 5.74) is 8.43. The first-order valence-corrected chi connectivity index (χ1v) is 7.06. The molecule has 3 rings (SSSR count). The average molecular weight is 309 g/mol. The molecule has 8 heteroatoms. The SMILES string of the molecule is CCc1c(NC(=O)c2nccnc2N)n[nH]c1-c1ccncc1. The van der Waals surface area contributed by atoms with Crippen LogP contribution in [0.2, 0.25) is 0 Å². The van der Waals surface area contributed by atoms with Crippen molar-refractivity contribution >= 4 is 17.5 Å². The number of anilines is 2. The molecule has 3 aromatic rings. The highest BCUT2D eigenvalue weighted by molar-refractivity contribution is 6.05. The minimum Gasteiger partial charge on any atom is -0.382 e. The minimum absolute atomic E-state index is 0.0722. The number of carbonyl (C=O) groups is 1. The Labute approximate surface area is 132 Å². The van der Waals surface area contributed by atoms with E-state index in [1.54, 1.807) is 12.4 Å². The summed E-state index contributed by atoms with van der Waals surface area (Å²) < 4.78 is 0. The second-order valence-electron chi connectivity index (χ2n) is 4.76. The number of nitrogens with two attached hydrogens (primary N) is 1. The first-order chi connectivity index (χ1) is 11.2. The molecule has 0 bridgehead atoms. The van der Waals surface area contributed by atoms with E-state index in [4.69, 9.17) is 5.73 Å². The number of rotatable bonds is 4. The van der Waals surface area contributed by atoms with Crippen LogP contribution < -0.4 is 11.1 Å². The normalized spacial score (nSPS) is 10.5. The fourth-order valence-corrected chi connectivity index (χ4v) is 2.26. The lowest BCUT2D eigenvalue weighted by Gasteiger charge is -2.06. The molecule has 3 heterocycles. The van der Waals surface area contributed by atoms with E-state index in [1.165, 1.54) is 12.4 Å². The first-order valence-electron chi connectivity index (χ1n) is 7.06. The molecule has 0 aromatic carbocycles. The van der Waals surface area contributed by atoms with Gasteiger partial charge in [0.1, 0.15) is 0 Å². The standard InChI is InChI=1S/C15H15N7O/c1-2-10-11(9-3-5-17-6-4-9)21-22-14(10)20-15(23)12-13(16)19-8-7-18-12/h3-8H,2H2,1H3,(H2,16,19)(H2,20,21,22,23). The van der Waals surface area contributed by atoms with Gasteiger partial charge in [-0.3, -0.25) is 14.9 Å². The Morgan fingerprint density at radius 2 is 1.96 bits per heavy atom. The van der Waals surface area contributed by atoms with Gasteiger partial charge in [0, 0.05) is 35.9 Å². The molecular formula is C15H15N7O. The largest absolute Gasteiger partial charge is 0.382 e. The maximum Gasteiger partial charge on any atom is 0.279 e. The zero-order chi connectivity index (χ0) is 16.2. The van der Waals surface area contributed by atoms with E-state index < -0.39 is 5.91 Å². The molecule has 23 heavy (non-hydrogen) atoms. The van der Waals surface area contributed by atoms with Crippen molar-refractivity contribution in [3.63, 3.8) is 0 Å². The molecule has 0 aliphatic heterocycles. The van der Waals surface area contributed by atoms with Gasteiger partial charge in [0.25, 0.3) is 5.91 Å². The van der Waals surface area contributed by atoms with Crippen molar-refractivity contribution in [2.24, 2.45) is 0 Å². The highest BCUT2D eigenvalue weighted by atomic mass is 16.2. The molecule has 116 valence electrons. The molecule has 0 fully saturated rings. The highest BCUT2D eigenvalue weighted by Crippen LogP contribution is 2.27. The lowest BCUT2D eigenvalue weighted by Crippen LogP contribution is -2.17. The number of aromatic nitrogens is 5. The number of hydrogen-bond acceptors (Lipinski definition) is 6. The van der Waals surface area contributed by atoms with E-state index >= 15 is 0 Å². The van der Waals surface area contributed by atoms with Crippen molar-refractivity contribution in [3.8, 4) is 11.3 Å². The Kier molecular flexibility index (Phi) is 3.96. The molecule has 4 N–H and O–H groups in total. The monoisotopic (exact) mass is 309 g/mol. The van der Waals surface area contributed by atoms with Gasteiger partial charge in [-0.15, -0.1) is 0 Å². The van der Waals surface area contributed by atoms with Crippen LogP contribution in [0.15, 0.2) is 36.9 Å². The van der Waals surface area contributed by atoms with Gasteiger partial charge in [0.15, 0.2) is 17.3 Å². The van der Waals surface area contributed by atoms with Gasteiger partial charge in [-0.25, -0.2) is 9.97 Å². The van der Waals surface area contributed by atoms with Gasteiger partial charge in [-0.1, -0.05) is 6.92 Å². The van der Waals surface area contributed by atoms with Crippen LogP contribution in [-0.4, -0.2) is 31.1 Å². The van der Waals surface area contributed by atoms with E-state index in [0.29, 0.717) is 12.2 Å². The van der Waals surface area contributed by atoms with Crippen molar-refractivity contribution in [1.82, 2.24) is 25.1 Å². The van der Waals surface area contributed by atoms with Gasteiger partial charge in [0.2, 0.25) is 0 Å². The second-order valence-corrected chi connectivity index (χ2v) is 4.76. The fourth-order valence-electron chi connectivity index (χ4n) is 2.26. The van der Waals surface area contributed by atoms with Crippen LogP contribution in [0.5, 0.6) is 0 Å². The predicted octanol–water partition coefficient (Wildman–Crippen LogP) is 1.66. The molecule has 3 aromatic heterocycles. The number of carbonyl (C=O) groups excluding carboxylic acids is 1. The molecule has 0 unspecified atom stereocenters. The Hall–Kier alpha value is -3.29. The molecule has 0 spiro atoms. The molecule has 0 radical (unpaired) electrons. The summed E-state index contributed by atoms with van der Waals surface area (Å²) >= 11 is 0. The summed E-state index contributed by atoms with van der Waals surface area (Å²) in [5.74, 6) is 0.0837. The Bertz CT molecular complexity index is 829. The number of pyridine rings is 1. The zero-order valence-corrected chi connectivity index (χ0v) is 12.4. The van der Waals surface area contributed by atoms with Crippen LogP contribution in [-0.2, 0) is 6.42 Å². The molecule has 0 atom stereocenters.